The van der Waals surface area contributed by atoms with Gasteiger partial charge in [0.15, 0.2) is 0 Å². The molecule has 0 aliphatic carbocycles. The minimum atomic E-state index is -0.399. The van der Waals surface area contributed by atoms with Crippen LogP contribution in [-0.4, -0.2) is 16.6 Å². The van der Waals surface area contributed by atoms with Gasteiger partial charge in [-0.25, -0.2) is 9.98 Å². The fraction of sp³-hybridized carbons (Fsp3) is 0. The zero-order valence-electron chi connectivity index (χ0n) is 28.2. The Morgan fingerprint density at radius 2 is 1.04 bits per heavy atom. The number of nitriles is 1. The summed E-state index contributed by atoms with van der Waals surface area (Å²) in [5.41, 5.74) is 19.8. The van der Waals surface area contributed by atoms with Gasteiger partial charge in [0, 0.05) is 22.2 Å². The van der Waals surface area contributed by atoms with Gasteiger partial charge in [-0.3, -0.25) is 10.1 Å². The van der Waals surface area contributed by atoms with Crippen molar-refractivity contribution in [1.82, 2.24) is 0 Å². The van der Waals surface area contributed by atoms with Crippen molar-refractivity contribution in [2.45, 2.75) is 0 Å². The van der Waals surface area contributed by atoms with E-state index in [9.17, 15) is 10.1 Å². The molecule has 10 heteroatoms. The molecule has 0 saturated carbocycles. The molecule has 0 radical (unpaired) electrons. The number of rotatable bonds is 9. The Balaban J connectivity index is 0.000000204. The number of benzene rings is 6. The van der Waals surface area contributed by atoms with Crippen LogP contribution in [0, 0.1) is 21.4 Å². The number of nitro benzene ring substituents is 1. The Morgan fingerprint density at radius 1 is 0.604 bits per heavy atom. The van der Waals surface area contributed by atoms with Crippen molar-refractivity contribution in [2.24, 2.45) is 21.5 Å². The van der Waals surface area contributed by atoms with Gasteiger partial charge in [0.05, 0.1) is 27.9 Å². The Morgan fingerprint density at radius 3 is 1.47 bits per heavy atom. The van der Waals surface area contributed by atoms with E-state index in [4.69, 9.17) is 39.9 Å². The van der Waals surface area contributed by atoms with Gasteiger partial charge >= 0.3 is 0 Å². The highest BCUT2D eigenvalue weighted by Gasteiger charge is 2.07. The molecule has 8 nitrogen and oxygen atoms in total. The second-order valence-electron chi connectivity index (χ2n) is 11.4. The maximum absolute atomic E-state index is 10.9. The lowest BCUT2D eigenvalue weighted by Gasteiger charge is -2.03. The average molecular weight is 736 g/mol. The van der Waals surface area contributed by atoms with Crippen LogP contribution >= 0.6 is 23.2 Å². The monoisotopic (exact) mass is 734 g/mol. The van der Waals surface area contributed by atoms with Crippen molar-refractivity contribution in [3.63, 3.8) is 0 Å². The average Bonchev–Trinajstić information content (AvgIpc) is 3.19. The summed E-state index contributed by atoms with van der Waals surface area (Å²) >= 11 is 11.7. The highest BCUT2D eigenvalue weighted by Crippen LogP contribution is 2.25. The molecule has 0 atom stereocenters. The Kier molecular flexibility index (Phi) is 13.0. The first-order valence-electron chi connectivity index (χ1n) is 16.2. The molecule has 0 heterocycles. The van der Waals surface area contributed by atoms with E-state index in [-0.39, 0.29) is 5.69 Å². The number of aliphatic imine (C=N–C) groups is 2. The number of non-ortho nitro benzene ring substituents is 1. The van der Waals surface area contributed by atoms with Gasteiger partial charge in [-0.05, 0) is 106 Å². The van der Waals surface area contributed by atoms with Crippen molar-refractivity contribution in [2.75, 3.05) is 0 Å². The molecular formula is C43H32Cl2N6O2. The number of nitrogens with zero attached hydrogens (tertiary/aromatic N) is 4. The van der Waals surface area contributed by atoms with Crippen LogP contribution in [0.1, 0.15) is 16.7 Å². The van der Waals surface area contributed by atoms with Crippen LogP contribution in [0.5, 0.6) is 0 Å². The van der Waals surface area contributed by atoms with E-state index in [1.54, 1.807) is 66.7 Å². The molecule has 0 fully saturated rings. The lowest BCUT2D eigenvalue weighted by Crippen LogP contribution is -2.06. The highest BCUT2D eigenvalue weighted by molar-refractivity contribution is 6.30. The third kappa shape index (κ3) is 11.6. The van der Waals surface area contributed by atoms with E-state index in [0.717, 1.165) is 44.8 Å². The molecular weight excluding hydrogens is 703 g/mol. The quantitative estimate of drug-likeness (QED) is 0.0657. The van der Waals surface area contributed by atoms with E-state index in [2.05, 4.69) is 16.1 Å². The van der Waals surface area contributed by atoms with E-state index in [1.165, 1.54) is 6.07 Å². The molecule has 260 valence electrons. The fourth-order valence-electron chi connectivity index (χ4n) is 4.91. The summed E-state index contributed by atoms with van der Waals surface area (Å²) in [6.45, 7) is 0. The molecule has 0 aromatic heterocycles. The number of hydrogen-bond acceptors (Lipinski definition) is 5. The van der Waals surface area contributed by atoms with Crippen LogP contribution in [0.25, 0.3) is 34.4 Å². The van der Waals surface area contributed by atoms with Crippen molar-refractivity contribution in [3.05, 3.63) is 195 Å². The molecule has 6 aromatic rings. The van der Waals surface area contributed by atoms with E-state index in [1.807, 2.05) is 97.1 Å². The minimum absolute atomic E-state index is 0.0719. The number of nitrogens with two attached hydrogens (primary N) is 2. The van der Waals surface area contributed by atoms with Gasteiger partial charge in [-0.2, -0.15) is 5.26 Å². The minimum Gasteiger partial charge on any atom is -0.384 e. The number of nitro groups is 1. The maximum Gasteiger partial charge on any atom is 0.270 e. The van der Waals surface area contributed by atoms with Crippen LogP contribution < -0.4 is 11.5 Å². The lowest BCUT2D eigenvalue weighted by molar-refractivity contribution is -0.384. The van der Waals surface area contributed by atoms with Gasteiger partial charge < -0.3 is 11.5 Å². The molecule has 4 N–H and O–H groups in total. The molecule has 0 spiro atoms. The largest absolute Gasteiger partial charge is 0.384 e. The molecule has 0 saturated heterocycles. The van der Waals surface area contributed by atoms with Gasteiger partial charge in [-0.15, -0.1) is 0 Å². The Bertz CT molecular complexity index is 2340. The van der Waals surface area contributed by atoms with Crippen LogP contribution in [0.2, 0.25) is 10.0 Å². The third-order valence-electron chi connectivity index (χ3n) is 7.60. The number of hydrogen-bond donors (Lipinski definition) is 2. The van der Waals surface area contributed by atoms with Crippen molar-refractivity contribution >= 4 is 64.1 Å². The molecule has 6 rings (SSSR count). The van der Waals surface area contributed by atoms with E-state index < -0.39 is 4.92 Å². The second-order valence-corrected chi connectivity index (χ2v) is 12.3. The Hall–Kier alpha value is -6.79. The number of halogens is 2. The third-order valence-corrected chi connectivity index (χ3v) is 8.10. The van der Waals surface area contributed by atoms with Gasteiger partial charge in [0.1, 0.15) is 11.7 Å². The predicted molar refractivity (Wildman–Crippen MR) is 219 cm³/mol. The molecule has 6 aromatic carbocycles. The van der Waals surface area contributed by atoms with Gasteiger partial charge in [-0.1, -0.05) is 108 Å². The highest BCUT2D eigenvalue weighted by atomic mass is 35.5. The Labute approximate surface area is 317 Å². The maximum atomic E-state index is 10.9. The molecule has 0 bridgehead atoms. The summed E-state index contributed by atoms with van der Waals surface area (Å²) in [5.74, 6) is 0.790. The van der Waals surface area contributed by atoms with Crippen LogP contribution in [0.4, 0.5) is 17.1 Å². The van der Waals surface area contributed by atoms with Gasteiger partial charge in [0.2, 0.25) is 0 Å². The lowest BCUT2D eigenvalue weighted by atomic mass is 10.0. The zero-order chi connectivity index (χ0) is 37.6. The van der Waals surface area contributed by atoms with Crippen LogP contribution in [0.15, 0.2) is 168 Å². The van der Waals surface area contributed by atoms with E-state index >= 15 is 0 Å². The van der Waals surface area contributed by atoms with Crippen molar-refractivity contribution in [3.8, 4) is 28.3 Å². The molecule has 53 heavy (non-hydrogen) atoms. The molecule has 0 unspecified atom stereocenters. The van der Waals surface area contributed by atoms with Crippen LogP contribution in [0.3, 0.4) is 0 Å². The van der Waals surface area contributed by atoms with Crippen LogP contribution in [-0.2, 0) is 0 Å². The SMILES string of the molecule is N#Cc1cccc(-c2ccc(/C=C/C(N)=Nc3ccc(Cl)cc3)cc2)c1.NC(/C=C/c1ccc(-c2cccc([N+](=O)[O-])c2)cc1)=Nc1ccc(Cl)cc1. The fourth-order valence-corrected chi connectivity index (χ4v) is 5.16. The standard InChI is InChI=1S/C22H16ClN3.C21H16ClN3O2/c23-20-9-11-21(12-10-20)26-22(25)13-6-16-4-7-18(8-5-16)19-3-1-2-17(14-19)15-24;22-18-9-11-19(12-10-18)24-21(23)13-6-15-4-7-16(8-5-15)17-2-1-3-20(14-17)25(26)27/h1-14H,(H2,25,26);1-14H,(H2,23,24)/b2*13-6+. The predicted octanol–water partition coefficient (Wildman–Crippen LogP) is 11.2. The zero-order valence-corrected chi connectivity index (χ0v) is 29.7. The summed E-state index contributed by atoms with van der Waals surface area (Å²) in [4.78, 5) is 19.1. The normalized spacial score (nSPS) is 11.6. The van der Waals surface area contributed by atoms with Crippen molar-refractivity contribution < 1.29 is 4.92 Å². The summed E-state index contributed by atoms with van der Waals surface area (Å²) in [6.07, 6.45) is 7.24. The summed E-state index contributed by atoms with van der Waals surface area (Å²) in [7, 11) is 0. The first kappa shape index (κ1) is 37.5. The smallest absolute Gasteiger partial charge is 0.270 e. The molecule has 0 aliphatic rings. The summed E-state index contributed by atoms with van der Waals surface area (Å²) in [5, 5.41) is 21.2. The van der Waals surface area contributed by atoms with E-state index in [0.29, 0.717) is 27.3 Å². The second kappa shape index (κ2) is 18.4. The molecule has 0 aliphatic heterocycles. The van der Waals surface area contributed by atoms with Crippen molar-refractivity contribution in [1.29, 1.82) is 5.26 Å². The van der Waals surface area contributed by atoms with Gasteiger partial charge in [0.25, 0.3) is 5.69 Å². The number of amidine groups is 2. The summed E-state index contributed by atoms with van der Waals surface area (Å²) in [6, 6.07) is 46.2. The summed E-state index contributed by atoms with van der Waals surface area (Å²) < 4.78 is 0. The topological polar surface area (TPSA) is 144 Å². The first-order valence-corrected chi connectivity index (χ1v) is 16.9. The molecule has 0 amide bonds. The first-order chi connectivity index (χ1) is 25.6.